The zero-order chi connectivity index (χ0) is 34.3. The molecule has 252 valence electrons. The van der Waals surface area contributed by atoms with Crippen LogP contribution in [0.4, 0.5) is 5.69 Å². The SMILES string of the molecule is CC(C)CNC(=O)C(Cc1ccccc1)N(Cc1ccc(Cl)c(Cl)c1)C(=O)CN(c1ccc2c(c1)OCCO2)S(=O)(=O)c1ccccc1. The predicted octanol–water partition coefficient (Wildman–Crippen LogP) is 6.37. The smallest absolute Gasteiger partial charge is 0.264 e. The van der Waals surface area contributed by atoms with Crippen LogP contribution in [-0.2, 0) is 32.6 Å². The number of fused-ring (bicyclic) bond motifs is 1. The van der Waals surface area contributed by atoms with Gasteiger partial charge in [0.05, 0.1) is 20.6 Å². The molecule has 0 spiro atoms. The fraction of sp³-hybridized carbons (Fsp3) is 0.278. The summed E-state index contributed by atoms with van der Waals surface area (Å²) in [6, 6.07) is 25.9. The number of halogens is 2. The number of carbonyl (C=O) groups excluding carboxylic acids is 2. The van der Waals surface area contributed by atoms with Crippen LogP contribution in [0.25, 0.3) is 0 Å². The van der Waals surface area contributed by atoms with Crippen LogP contribution in [0.2, 0.25) is 10.0 Å². The highest BCUT2D eigenvalue weighted by atomic mass is 35.5. The highest BCUT2D eigenvalue weighted by molar-refractivity contribution is 7.92. The maximum atomic E-state index is 14.6. The Morgan fingerprint density at radius 3 is 2.15 bits per heavy atom. The average Bonchev–Trinajstić information content (AvgIpc) is 3.09. The molecule has 9 nitrogen and oxygen atoms in total. The average molecular weight is 711 g/mol. The number of ether oxygens (including phenoxy) is 2. The molecule has 0 saturated heterocycles. The molecule has 1 N–H and O–H groups in total. The number of hydrogen-bond donors (Lipinski definition) is 1. The molecule has 5 rings (SSSR count). The maximum Gasteiger partial charge on any atom is 0.264 e. The van der Waals surface area contributed by atoms with Crippen molar-refractivity contribution in [1.82, 2.24) is 10.2 Å². The molecule has 0 bridgehead atoms. The zero-order valence-electron chi connectivity index (χ0n) is 26.6. The maximum absolute atomic E-state index is 14.6. The Labute approximate surface area is 291 Å². The lowest BCUT2D eigenvalue weighted by Gasteiger charge is -2.34. The van der Waals surface area contributed by atoms with Crippen molar-refractivity contribution >= 4 is 50.7 Å². The monoisotopic (exact) mass is 709 g/mol. The summed E-state index contributed by atoms with van der Waals surface area (Å²) in [6.07, 6.45) is 0.188. The third kappa shape index (κ3) is 8.61. The molecule has 2 amide bonds. The van der Waals surface area contributed by atoms with E-state index in [4.69, 9.17) is 32.7 Å². The van der Waals surface area contributed by atoms with Crippen molar-refractivity contribution in [3.63, 3.8) is 0 Å². The molecule has 1 heterocycles. The van der Waals surface area contributed by atoms with Gasteiger partial charge in [-0.2, -0.15) is 0 Å². The molecule has 1 aliphatic rings. The second kappa shape index (κ2) is 15.8. The summed E-state index contributed by atoms with van der Waals surface area (Å²) in [5.41, 5.74) is 1.65. The quantitative estimate of drug-likeness (QED) is 0.173. The van der Waals surface area contributed by atoms with Gasteiger partial charge in [-0.1, -0.05) is 91.6 Å². The topological polar surface area (TPSA) is 105 Å². The van der Waals surface area contributed by atoms with E-state index < -0.39 is 28.5 Å². The van der Waals surface area contributed by atoms with Crippen molar-refractivity contribution in [3.8, 4) is 11.5 Å². The largest absolute Gasteiger partial charge is 0.486 e. The lowest BCUT2D eigenvalue weighted by Crippen LogP contribution is -2.53. The Kier molecular flexibility index (Phi) is 11.5. The van der Waals surface area contributed by atoms with Crippen molar-refractivity contribution in [2.24, 2.45) is 5.92 Å². The summed E-state index contributed by atoms with van der Waals surface area (Å²) in [4.78, 5) is 30.0. The first kappa shape index (κ1) is 35.1. The first-order valence-electron chi connectivity index (χ1n) is 15.6. The van der Waals surface area contributed by atoms with Crippen molar-refractivity contribution in [2.75, 3.05) is 30.6 Å². The minimum atomic E-state index is -4.27. The molecule has 48 heavy (non-hydrogen) atoms. The number of nitrogens with one attached hydrogen (secondary N) is 1. The molecule has 4 aromatic carbocycles. The highest BCUT2D eigenvalue weighted by Gasteiger charge is 2.35. The second-order valence-electron chi connectivity index (χ2n) is 11.8. The molecule has 1 atom stereocenters. The van der Waals surface area contributed by atoms with E-state index in [0.717, 1.165) is 9.87 Å². The summed E-state index contributed by atoms with van der Waals surface area (Å²) in [6.45, 7) is 4.36. The summed E-state index contributed by atoms with van der Waals surface area (Å²) in [5.74, 6) is 0.0302. The van der Waals surface area contributed by atoms with Gasteiger partial charge in [0.2, 0.25) is 11.8 Å². The van der Waals surface area contributed by atoms with Gasteiger partial charge in [0.15, 0.2) is 11.5 Å². The minimum absolute atomic E-state index is 0.000709. The Bertz CT molecular complexity index is 1840. The predicted molar refractivity (Wildman–Crippen MR) is 187 cm³/mol. The number of sulfonamides is 1. The van der Waals surface area contributed by atoms with Gasteiger partial charge < -0.3 is 19.7 Å². The fourth-order valence-electron chi connectivity index (χ4n) is 5.25. The van der Waals surface area contributed by atoms with Crippen LogP contribution >= 0.6 is 23.2 Å². The van der Waals surface area contributed by atoms with Crippen LogP contribution in [0.5, 0.6) is 11.5 Å². The number of benzene rings is 4. The summed E-state index contributed by atoms with van der Waals surface area (Å²) < 4.78 is 40.9. The molecule has 0 aliphatic carbocycles. The van der Waals surface area contributed by atoms with E-state index in [1.54, 1.807) is 54.6 Å². The minimum Gasteiger partial charge on any atom is -0.486 e. The van der Waals surface area contributed by atoms with E-state index in [1.807, 2.05) is 44.2 Å². The van der Waals surface area contributed by atoms with Crippen LogP contribution in [-0.4, -0.2) is 57.5 Å². The first-order chi connectivity index (χ1) is 23.0. The molecule has 4 aromatic rings. The van der Waals surface area contributed by atoms with E-state index in [9.17, 15) is 18.0 Å². The number of anilines is 1. The van der Waals surface area contributed by atoms with Gasteiger partial charge in [-0.3, -0.25) is 13.9 Å². The lowest BCUT2D eigenvalue weighted by molar-refractivity contribution is -0.140. The van der Waals surface area contributed by atoms with Crippen molar-refractivity contribution in [3.05, 3.63) is 118 Å². The molecular weight excluding hydrogens is 673 g/mol. The summed E-state index contributed by atoms with van der Waals surface area (Å²) >= 11 is 12.6. The van der Waals surface area contributed by atoms with Crippen molar-refractivity contribution in [1.29, 1.82) is 0 Å². The van der Waals surface area contributed by atoms with Gasteiger partial charge in [-0.25, -0.2) is 8.42 Å². The third-order valence-corrected chi connectivity index (χ3v) is 10.2. The van der Waals surface area contributed by atoms with Crippen molar-refractivity contribution in [2.45, 2.75) is 37.8 Å². The van der Waals surface area contributed by atoms with Gasteiger partial charge in [0, 0.05) is 25.6 Å². The van der Waals surface area contributed by atoms with Crippen molar-refractivity contribution < 1.29 is 27.5 Å². The van der Waals surface area contributed by atoms with E-state index in [0.29, 0.717) is 41.8 Å². The molecule has 1 unspecified atom stereocenters. The van der Waals surface area contributed by atoms with E-state index >= 15 is 0 Å². The van der Waals surface area contributed by atoms with Crippen LogP contribution in [0, 0.1) is 5.92 Å². The molecular formula is C36H37Cl2N3O6S. The Balaban J connectivity index is 1.59. The second-order valence-corrected chi connectivity index (χ2v) is 14.4. The van der Waals surface area contributed by atoms with Gasteiger partial charge >= 0.3 is 0 Å². The van der Waals surface area contributed by atoms with E-state index in [-0.39, 0.29) is 40.4 Å². The van der Waals surface area contributed by atoms with E-state index in [2.05, 4.69) is 5.32 Å². The van der Waals surface area contributed by atoms with Crippen LogP contribution in [0.15, 0.2) is 102 Å². The third-order valence-electron chi connectivity index (χ3n) is 7.72. The van der Waals surface area contributed by atoms with Crippen LogP contribution in [0.1, 0.15) is 25.0 Å². The van der Waals surface area contributed by atoms with Crippen LogP contribution in [0.3, 0.4) is 0 Å². The Morgan fingerprint density at radius 2 is 1.48 bits per heavy atom. The number of amides is 2. The number of nitrogens with zero attached hydrogens (tertiary/aromatic N) is 2. The number of hydrogen-bond acceptors (Lipinski definition) is 6. The van der Waals surface area contributed by atoms with Gasteiger partial charge in [0.1, 0.15) is 25.8 Å². The van der Waals surface area contributed by atoms with Gasteiger partial charge in [0.25, 0.3) is 10.0 Å². The van der Waals surface area contributed by atoms with Gasteiger partial charge in [-0.05, 0) is 53.4 Å². The normalized spacial score (nSPS) is 13.1. The molecule has 1 aliphatic heterocycles. The standard InChI is InChI=1S/C36H37Cl2N3O6S/c1-25(2)22-39-36(43)32(20-26-9-5-3-6-10-26)40(23-27-13-15-30(37)31(38)19-27)35(42)24-41(48(44,45)29-11-7-4-8-12-29)28-14-16-33-34(21-28)47-18-17-46-33/h3-16,19,21,25,32H,17-18,20,22-24H2,1-2H3,(H,39,43). The molecule has 0 saturated carbocycles. The molecule has 12 heteroatoms. The van der Waals surface area contributed by atoms with E-state index in [1.165, 1.54) is 17.0 Å². The zero-order valence-corrected chi connectivity index (χ0v) is 29.0. The Morgan fingerprint density at radius 1 is 0.812 bits per heavy atom. The van der Waals surface area contributed by atoms with Crippen LogP contribution < -0.4 is 19.1 Å². The molecule has 0 radical (unpaired) electrons. The molecule has 0 aromatic heterocycles. The highest BCUT2D eigenvalue weighted by Crippen LogP contribution is 2.36. The summed E-state index contributed by atoms with van der Waals surface area (Å²) in [5, 5.41) is 3.60. The Hall–Kier alpha value is -4.25. The first-order valence-corrected chi connectivity index (χ1v) is 17.7. The summed E-state index contributed by atoms with van der Waals surface area (Å²) in [7, 11) is -4.27. The number of rotatable bonds is 13. The lowest BCUT2D eigenvalue weighted by atomic mass is 10.0. The number of carbonyl (C=O) groups is 2. The van der Waals surface area contributed by atoms with Gasteiger partial charge in [-0.15, -0.1) is 0 Å². The fourth-order valence-corrected chi connectivity index (χ4v) is 6.99. The molecule has 0 fully saturated rings.